The fourth-order valence-electron chi connectivity index (χ4n) is 1.55. The van der Waals surface area contributed by atoms with Crippen molar-refractivity contribution in [1.82, 2.24) is 15.0 Å². The van der Waals surface area contributed by atoms with E-state index in [0.717, 1.165) is 4.47 Å². The van der Waals surface area contributed by atoms with Gasteiger partial charge < -0.3 is 9.40 Å². The van der Waals surface area contributed by atoms with Crippen molar-refractivity contribution < 1.29 is 4.42 Å². The van der Waals surface area contributed by atoms with Gasteiger partial charge in [0.2, 0.25) is 11.3 Å². The van der Waals surface area contributed by atoms with Crippen LogP contribution in [0.25, 0.3) is 22.2 Å². The molecule has 0 spiro atoms. The van der Waals surface area contributed by atoms with E-state index in [9.17, 15) is 9.59 Å². The van der Waals surface area contributed by atoms with Gasteiger partial charge in [-0.05, 0) is 22.0 Å². The van der Waals surface area contributed by atoms with Crippen LogP contribution in [0.5, 0.6) is 0 Å². The maximum atomic E-state index is 11.4. The van der Waals surface area contributed by atoms with Gasteiger partial charge in [0.15, 0.2) is 0 Å². The molecule has 80 valence electrons. The van der Waals surface area contributed by atoms with Crippen LogP contribution in [0.1, 0.15) is 0 Å². The first kappa shape index (κ1) is 9.34. The lowest BCUT2D eigenvalue weighted by Crippen LogP contribution is -2.20. The van der Waals surface area contributed by atoms with Gasteiger partial charge in [0.1, 0.15) is 5.52 Å². The van der Waals surface area contributed by atoms with Crippen molar-refractivity contribution in [2.75, 3.05) is 0 Å². The van der Waals surface area contributed by atoms with Gasteiger partial charge in [-0.2, -0.15) is 0 Å². The number of nitrogens with zero attached hydrogens (tertiary/aromatic N) is 1. The van der Waals surface area contributed by atoms with Crippen molar-refractivity contribution in [2.24, 2.45) is 0 Å². The molecule has 0 aliphatic heterocycles. The van der Waals surface area contributed by atoms with Gasteiger partial charge in [0, 0.05) is 10.7 Å². The predicted molar refractivity (Wildman–Crippen MR) is 60.5 cm³/mol. The Morgan fingerprint density at radius 1 is 1.31 bits per heavy atom. The number of aromatic amines is 2. The van der Waals surface area contributed by atoms with E-state index in [2.05, 4.69) is 30.9 Å². The number of hydrogen-bond donors (Lipinski definition) is 2. The molecule has 3 rings (SSSR count). The molecule has 0 radical (unpaired) electrons. The lowest BCUT2D eigenvalue weighted by atomic mass is 10.3. The number of pyridine rings is 1. The van der Waals surface area contributed by atoms with Crippen molar-refractivity contribution in [3.8, 4) is 0 Å². The number of halogens is 1. The maximum Gasteiger partial charge on any atom is 0.326 e. The molecule has 0 fully saturated rings. The molecule has 7 heteroatoms. The SMILES string of the molecule is O=c1[nH]c(=O)c2oc3ncc(Br)cc3c2[nH]1. The normalized spacial score (nSPS) is 11.3. The Kier molecular flexibility index (Phi) is 1.78. The molecule has 0 atom stereocenters. The van der Waals surface area contributed by atoms with Crippen molar-refractivity contribution >= 4 is 38.1 Å². The van der Waals surface area contributed by atoms with E-state index in [1.54, 1.807) is 12.3 Å². The van der Waals surface area contributed by atoms with E-state index >= 15 is 0 Å². The molecule has 0 aliphatic carbocycles. The molecule has 3 heterocycles. The average Bonchev–Trinajstić information content (AvgIpc) is 2.57. The second-order valence-corrected chi connectivity index (χ2v) is 4.14. The molecular formula is C9H4BrN3O3. The Morgan fingerprint density at radius 2 is 2.12 bits per heavy atom. The highest BCUT2D eigenvalue weighted by molar-refractivity contribution is 9.10. The summed E-state index contributed by atoms with van der Waals surface area (Å²) in [6.07, 6.45) is 1.55. The number of fused-ring (bicyclic) bond motifs is 3. The minimum atomic E-state index is -0.569. The topological polar surface area (TPSA) is 91.8 Å². The Labute approximate surface area is 95.4 Å². The number of rotatable bonds is 0. The third-order valence-electron chi connectivity index (χ3n) is 2.18. The van der Waals surface area contributed by atoms with Crippen molar-refractivity contribution in [3.05, 3.63) is 37.6 Å². The van der Waals surface area contributed by atoms with Crippen LogP contribution >= 0.6 is 15.9 Å². The van der Waals surface area contributed by atoms with Gasteiger partial charge in [-0.25, -0.2) is 9.78 Å². The zero-order valence-corrected chi connectivity index (χ0v) is 9.29. The van der Waals surface area contributed by atoms with Gasteiger partial charge in [-0.1, -0.05) is 0 Å². The second kappa shape index (κ2) is 3.05. The lowest BCUT2D eigenvalue weighted by molar-refractivity contribution is 0.646. The Balaban J connectivity index is 2.68. The Bertz CT molecular complexity index is 814. The first-order chi connectivity index (χ1) is 7.65. The highest BCUT2D eigenvalue weighted by Crippen LogP contribution is 2.24. The second-order valence-electron chi connectivity index (χ2n) is 3.22. The fraction of sp³-hybridized carbons (Fsp3) is 0. The molecule has 0 saturated heterocycles. The lowest BCUT2D eigenvalue weighted by Gasteiger charge is -1.89. The summed E-state index contributed by atoms with van der Waals surface area (Å²) in [5.74, 6) is 0. The standard InChI is InChI=1S/C9H4BrN3O3/c10-3-1-4-5-6(16-8(4)11-2-3)7(14)13-9(15)12-5/h1-2H,(H2,12,13,14,15). The molecular weight excluding hydrogens is 278 g/mol. The van der Waals surface area contributed by atoms with Gasteiger partial charge in [0.25, 0.3) is 5.56 Å². The number of H-pyrrole nitrogens is 2. The summed E-state index contributed by atoms with van der Waals surface area (Å²) in [5, 5.41) is 0.590. The third kappa shape index (κ3) is 1.21. The Morgan fingerprint density at radius 3 is 2.94 bits per heavy atom. The molecule has 0 unspecified atom stereocenters. The monoisotopic (exact) mass is 281 g/mol. The van der Waals surface area contributed by atoms with E-state index in [1.807, 2.05) is 0 Å². The van der Waals surface area contributed by atoms with Crippen LogP contribution in [-0.4, -0.2) is 15.0 Å². The summed E-state index contributed by atoms with van der Waals surface area (Å²) in [5.41, 5.74) is -0.392. The van der Waals surface area contributed by atoms with Crippen LogP contribution in [0.4, 0.5) is 0 Å². The molecule has 3 aromatic heterocycles. The summed E-state index contributed by atoms with van der Waals surface area (Å²) >= 11 is 3.26. The van der Waals surface area contributed by atoms with E-state index in [4.69, 9.17) is 4.42 Å². The zero-order chi connectivity index (χ0) is 11.3. The van der Waals surface area contributed by atoms with Crippen LogP contribution < -0.4 is 11.2 Å². The van der Waals surface area contributed by atoms with Crippen LogP contribution in [0, 0.1) is 0 Å². The molecule has 2 N–H and O–H groups in total. The molecule has 0 aromatic carbocycles. The quantitative estimate of drug-likeness (QED) is 0.646. The predicted octanol–water partition coefficient (Wildman–Crippen LogP) is 1.12. The summed E-state index contributed by atoms with van der Waals surface area (Å²) in [6.45, 7) is 0. The number of aromatic nitrogens is 3. The zero-order valence-electron chi connectivity index (χ0n) is 7.70. The smallest absolute Gasteiger partial charge is 0.326 e. The number of nitrogens with one attached hydrogen (secondary N) is 2. The van der Waals surface area contributed by atoms with Crippen LogP contribution in [0.2, 0.25) is 0 Å². The van der Waals surface area contributed by atoms with Crippen LogP contribution in [0.15, 0.2) is 30.7 Å². The van der Waals surface area contributed by atoms with Crippen molar-refractivity contribution in [2.45, 2.75) is 0 Å². The van der Waals surface area contributed by atoms with Gasteiger partial charge >= 0.3 is 5.69 Å². The minimum absolute atomic E-state index is 0.0696. The molecule has 0 saturated carbocycles. The van der Waals surface area contributed by atoms with E-state index in [-0.39, 0.29) is 5.58 Å². The molecule has 0 amide bonds. The summed E-state index contributed by atoms with van der Waals surface area (Å²) < 4.78 is 5.99. The molecule has 0 bridgehead atoms. The van der Waals surface area contributed by atoms with E-state index in [0.29, 0.717) is 16.6 Å². The summed E-state index contributed by atoms with van der Waals surface area (Å²) in [4.78, 5) is 31.2. The van der Waals surface area contributed by atoms with E-state index < -0.39 is 11.2 Å². The average molecular weight is 282 g/mol. The summed E-state index contributed by atoms with van der Waals surface area (Å²) in [6, 6.07) is 1.73. The first-order valence-corrected chi connectivity index (χ1v) is 5.15. The maximum absolute atomic E-state index is 11.4. The minimum Gasteiger partial charge on any atom is -0.430 e. The van der Waals surface area contributed by atoms with Gasteiger partial charge in [0.05, 0.1) is 5.39 Å². The summed E-state index contributed by atoms with van der Waals surface area (Å²) in [7, 11) is 0. The highest BCUT2D eigenvalue weighted by Gasteiger charge is 2.12. The molecule has 0 aliphatic rings. The van der Waals surface area contributed by atoms with Gasteiger partial charge in [-0.15, -0.1) is 0 Å². The highest BCUT2D eigenvalue weighted by atomic mass is 79.9. The van der Waals surface area contributed by atoms with Crippen molar-refractivity contribution in [1.29, 1.82) is 0 Å². The Hall–Kier alpha value is -1.89. The molecule has 6 nitrogen and oxygen atoms in total. The van der Waals surface area contributed by atoms with Crippen LogP contribution in [-0.2, 0) is 0 Å². The molecule has 3 aromatic rings. The van der Waals surface area contributed by atoms with Crippen LogP contribution in [0.3, 0.4) is 0 Å². The van der Waals surface area contributed by atoms with E-state index in [1.165, 1.54) is 0 Å². The first-order valence-electron chi connectivity index (χ1n) is 4.35. The number of hydrogen-bond acceptors (Lipinski definition) is 4. The largest absolute Gasteiger partial charge is 0.430 e. The van der Waals surface area contributed by atoms with Crippen molar-refractivity contribution in [3.63, 3.8) is 0 Å². The van der Waals surface area contributed by atoms with Gasteiger partial charge in [-0.3, -0.25) is 9.78 Å². The molecule has 16 heavy (non-hydrogen) atoms. The number of furan rings is 1. The fourth-order valence-corrected chi connectivity index (χ4v) is 1.88. The third-order valence-corrected chi connectivity index (χ3v) is 2.62.